The maximum Gasteiger partial charge on any atom is 0.0724 e. The molecule has 3 rings (SSSR count). The van der Waals surface area contributed by atoms with Crippen LogP contribution in [0.2, 0.25) is 0 Å². The van der Waals surface area contributed by atoms with Crippen molar-refractivity contribution in [2.45, 2.75) is 25.3 Å². The average Bonchev–Trinajstić information content (AvgIpc) is 2.43. The highest BCUT2D eigenvalue weighted by Crippen LogP contribution is 2.31. The number of ether oxygens (including phenoxy) is 1. The SMILES string of the molecule is CC1(Nc2ccc3ncccc3c2N)CCCOC1. The molecule has 2 aromatic rings. The number of rotatable bonds is 2. The molecule has 1 aromatic heterocycles. The topological polar surface area (TPSA) is 60.2 Å². The number of fused-ring (bicyclic) bond motifs is 1. The van der Waals surface area contributed by atoms with Crippen LogP contribution in [-0.4, -0.2) is 23.7 Å². The summed E-state index contributed by atoms with van der Waals surface area (Å²) in [6.45, 7) is 3.75. The van der Waals surface area contributed by atoms with Crippen LogP contribution >= 0.6 is 0 Å². The second-order valence-corrected chi connectivity index (χ2v) is 5.44. The Hall–Kier alpha value is -1.81. The van der Waals surface area contributed by atoms with E-state index in [1.165, 1.54) is 0 Å². The predicted molar refractivity (Wildman–Crippen MR) is 78.2 cm³/mol. The Bertz CT molecular complexity index is 591. The van der Waals surface area contributed by atoms with Gasteiger partial charge < -0.3 is 15.8 Å². The van der Waals surface area contributed by atoms with E-state index in [0.29, 0.717) is 0 Å². The molecule has 1 aliphatic rings. The van der Waals surface area contributed by atoms with Crippen LogP contribution in [0.3, 0.4) is 0 Å². The predicted octanol–water partition coefficient (Wildman–Crippen LogP) is 2.80. The molecule has 0 spiro atoms. The summed E-state index contributed by atoms with van der Waals surface area (Å²) in [4.78, 5) is 4.31. The first-order valence-electron chi connectivity index (χ1n) is 6.67. The van der Waals surface area contributed by atoms with Crippen molar-refractivity contribution in [1.82, 2.24) is 4.98 Å². The van der Waals surface area contributed by atoms with Gasteiger partial charge >= 0.3 is 0 Å². The van der Waals surface area contributed by atoms with Crippen LogP contribution in [0.4, 0.5) is 11.4 Å². The standard InChI is InChI=1S/C15H19N3O/c1-15(7-3-9-19-10-15)18-13-6-5-12-11(14(13)16)4-2-8-17-12/h2,4-6,8,18H,3,7,9-10,16H2,1H3. The van der Waals surface area contributed by atoms with Gasteiger partial charge in [-0.15, -0.1) is 0 Å². The van der Waals surface area contributed by atoms with Crippen LogP contribution in [0.25, 0.3) is 10.9 Å². The summed E-state index contributed by atoms with van der Waals surface area (Å²) >= 11 is 0. The average molecular weight is 257 g/mol. The van der Waals surface area contributed by atoms with Gasteiger partial charge in [-0.05, 0) is 44.0 Å². The molecular formula is C15H19N3O. The number of aromatic nitrogens is 1. The number of nitrogens with one attached hydrogen (secondary N) is 1. The molecule has 0 aliphatic carbocycles. The van der Waals surface area contributed by atoms with Gasteiger partial charge in [0.25, 0.3) is 0 Å². The third-order valence-corrected chi connectivity index (χ3v) is 3.70. The van der Waals surface area contributed by atoms with Gasteiger partial charge in [0.15, 0.2) is 0 Å². The molecule has 1 fully saturated rings. The van der Waals surface area contributed by atoms with Crippen molar-refractivity contribution in [3.63, 3.8) is 0 Å². The summed E-state index contributed by atoms with van der Waals surface area (Å²) in [5.74, 6) is 0. The lowest BCUT2D eigenvalue weighted by Gasteiger charge is -2.35. The second-order valence-electron chi connectivity index (χ2n) is 5.44. The van der Waals surface area contributed by atoms with Crippen molar-refractivity contribution in [1.29, 1.82) is 0 Å². The van der Waals surface area contributed by atoms with Crippen LogP contribution in [-0.2, 0) is 4.74 Å². The number of nitrogens with zero attached hydrogens (tertiary/aromatic N) is 1. The summed E-state index contributed by atoms with van der Waals surface area (Å²) in [5.41, 5.74) is 8.87. The fourth-order valence-electron chi connectivity index (χ4n) is 2.64. The fourth-order valence-corrected chi connectivity index (χ4v) is 2.64. The molecule has 4 nitrogen and oxygen atoms in total. The number of nitrogen functional groups attached to an aromatic ring is 1. The lowest BCUT2D eigenvalue weighted by atomic mass is 9.94. The number of benzene rings is 1. The largest absolute Gasteiger partial charge is 0.397 e. The molecule has 0 saturated carbocycles. The minimum atomic E-state index is -0.0394. The number of hydrogen-bond acceptors (Lipinski definition) is 4. The van der Waals surface area contributed by atoms with E-state index in [1.54, 1.807) is 6.20 Å². The summed E-state index contributed by atoms with van der Waals surface area (Å²) in [6, 6.07) is 7.92. The Balaban J connectivity index is 1.94. The fraction of sp³-hybridized carbons (Fsp3) is 0.400. The van der Waals surface area contributed by atoms with E-state index in [4.69, 9.17) is 10.5 Å². The Morgan fingerprint density at radius 3 is 3.05 bits per heavy atom. The monoisotopic (exact) mass is 257 g/mol. The molecule has 1 atom stereocenters. The Labute approximate surface area is 113 Å². The van der Waals surface area contributed by atoms with Gasteiger partial charge in [-0.2, -0.15) is 0 Å². The van der Waals surface area contributed by atoms with E-state index < -0.39 is 0 Å². The normalized spacial score (nSPS) is 23.4. The zero-order valence-electron chi connectivity index (χ0n) is 11.1. The van der Waals surface area contributed by atoms with E-state index in [2.05, 4.69) is 17.2 Å². The molecule has 100 valence electrons. The molecule has 0 bridgehead atoms. The summed E-state index contributed by atoms with van der Waals surface area (Å²) < 4.78 is 5.57. The molecule has 4 heteroatoms. The van der Waals surface area contributed by atoms with Crippen LogP contribution < -0.4 is 11.1 Å². The van der Waals surface area contributed by atoms with E-state index in [1.807, 2.05) is 24.3 Å². The van der Waals surface area contributed by atoms with Gasteiger partial charge in [-0.25, -0.2) is 0 Å². The van der Waals surface area contributed by atoms with E-state index in [9.17, 15) is 0 Å². The van der Waals surface area contributed by atoms with Crippen molar-refractivity contribution in [3.8, 4) is 0 Å². The smallest absolute Gasteiger partial charge is 0.0724 e. The highest BCUT2D eigenvalue weighted by atomic mass is 16.5. The third-order valence-electron chi connectivity index (χ3n) is 3.70. The number of nitrogens with two attached hydrogens (primary N) is 1. The van der Waals surface area contributed by atoms with Gasteiger partial charge in [-0.3, -0.25) is 4.98 Å². The molecule has 19 heavy (non-hydrogen) atoms. The number of anilines is 2. The number of pyridine rings is 1. The van der Waals surface area contributed by atoms with E-state index >= 15 is 0 Å². The molecule has 1 unspecified atom stereocenters. The van der Waals surface area contributed by atoms with E-state index in [-0.39, 0.29) is 5.54 Å². The second kappa shape index (κ2) is 4.70. The summed E-state index contributed by atoms with van der Waals surface area (Å²) in [5, 5.41) is 4.53. The summed E-state index contributed by atoms with van der Waals surface area (Å²) in [7, 11) is 0. The Morgan fingerprint density at radius 1 is 1.37 bits per heavy atom. The van der Waals surface area contributed by atoms with Gasteiger partial charge in [0, 0.05) is 18.2 Å². The summed E-state index contributed by atoms with van der Waals surface area (Å²) in [6.07, 6.45) is 3.96. The molecule has 2 heterocycles. The van der Waals surface area contributed by atoms with Gasteiger partial charge in [-0.1, -0.05) is 0 Å². The first kappa shape index (κ1) is 12.2. The van der Waals surface area contributed by atoms with Crippen molar-refractivity contribution in [3.05, 3.63) is 30.5 Å². The maximum atomic E-state index is 6.25. The molecule has 1 aromatic carbocycles. The molecule has 1 aliphatic heterocycles. The maximum absolute atomic E-state index is 6.25. The van der Waals surface area contributed by atoms with E-state index in [0.717, 1.165) is 48.3 Å². The lowest BCUT2D eigenvalue weighted by molar-refractivity contribution is 0.0541. The highest BCUT2D eigenvalue weighted by Gasteiger charge is 2.28. The zero-order valence-corrected chi connectivity index (χ0v) is 11.1. The van der Waals surface area contributed by atoms with Gasteiger partial charge in [0.1, 0.15) is 0 Å². The van der Waals surface area contributed by atoms with Crippen molar-refractivity contribution < 1.29 is 4.74 Å². The molecule has 1 saturated heterocycles. The first-order chi connectivity index (χ1) is 9.18. The van der Waals surface area contributed by atoms with Crippen LogP contribution in [0.1, 0.15) is 19.8 Å². The Morgan fingerprint density at radius 2 is 2.26 bits per heavy atom. The van der Waals surface area contributed by atoms with Crippen molar-refractivity contribution in [2.75, 3.05) is 24.3 Å². The first-order valence-corrected chi connectivity index (χ1v) is 6.67. The third kappa shape index (κ3) is 2.36. The van der Waals surface area contributed by atoms with Gasteiger partial charge in [0.2, 0.25) is 0 Å². The van der Waals surface area contributed by atoms with Crippen molar-refractivity contribution in [2.24, 2.45) is 0 Å². The zero-order chi connectivity index (χ0) is 13.3. The van der Waals surface area contributed by atoms with Gasteiger partial charge in [0.05, 0.1) is 29.0 Å². The van der Waals surface area contributed by atoms with Crippen LogP contribution in [0.15, 0.2) is 30.5 Å². The Kier molecular flexibility index (Phi) is 3.03. The quantitative estimate of drug-likeness (QED) is 0.812. The number of hydrogen-bond donors (Lipinski definition) is 2. The minimum Gasteiger partial charge on any atom is -0.397 e. The molecule has 0 radical (unpaired) electrons. The van der Waals surface area contributed by atoms with Crippen molar-refractivity contribution >= 4 is 22.3 Å². The molecule has 3 N–H and O–H groups in total. The molecule has 0 amide bonds. The minimum absolute atomic E-state index is 0.0394. The lowest BCUT2D eigenvalue weighted by Crippen LogP contribution is -2.43. The highest BCUT2D eigenvalue weighted by molar-refractivity contribution is 5.96. The molecular weight excluding hydrogens is 238 g/mol. The van der Waals surface area contributed by atoms with Crippen LogP contribution in [0.5, 0.6) is 0 Å². The van der Waals surface area contributed by atoms with Crippen LogP contribution in [0, 0.1) is 0 Å².